The first-order chi connectivity index (χ1) is 14.6. The monoisotopic (exact) mass is 461 g/mol. The molecular weight excluding hydrogens is 442 g/mol. The quantitative estimate of drug-likeness (QED) is 0.467. The average molecular weight is 462 g/mol. The second-order valence-electron chi connectivity index (χ2n) is 7.66. The normalized spacial score (nSPS) is 16.7. The van der Waals surface area contributed by atoms with Gasteiger partial charge in [-0.1, -0.05) is 57.9 Å². The van der Waals surface area contributed by atoms with E-state index in [1.807, 2.05) is 30.3 Å². The van der Waals surface area contributed by atoms with E-state index in [1.165, 1.54) is 11.1 Å². The summed E-state index contributed by atoms with van der Waals surface area (Å²) in [5.41, 5.74) is 4.90. The van der Waals surface area contributed by atoms with Crippen molar-refractivity contribution in [3.05, 3.63) is 98.7 Å². The minimum atomic E-state index is -0.0940. The van der Waals surface area contributed by atoms with Crippen LogP contribution in [0.1, 0.15) is 32.6 Å². The number of hydrogen-bond donors (Lipinski definition) is 0. The number of carbonyl (C=O) groups is 1. The van der Waals surface area contributed by atoms with Crippen LogP contribution in [0.5, 0.6) is 11.5 Å². The van der Waals surface area contributed by atoms with E-state index in [9.17, 15) is 4.79 Å². The minimum Gasteiger partial charge on any atom is -0.478 e. The van der Waals surface area contributed by atoms with Gasteiger partial charge in [-0.25, -0.2) is 0 Å². The van der Waals surface area contributed by atoms with Crippen molar-refractivity contribution in [2.75, 3.05) is 6.73 Å². The highest BCUT2D eigenvalue weighted by molar-refractivity contribution is 9.10. The van der Waals surface area contributed by atoms with Crippen LogP contribution in [-0.2, 0) is 13.1 Å². The molecule has 0 unspecified atom stereocenters. The van der Waals surface area contributed by atoms with E-state index < -0.39 is 0 Å². The molecule has 0 N–H and O–H groups in total. The maximum Gasteiger partial charge on any atom is 0.231 e. The van der Waals surface area contributed by atoms with Gasteiger partial charge >= 0.3 is 0 Å². The molecule has 3 aromatic carbocycles. The summed E-state index contributed by atoms with van der Waals surface area (Å²) in [5.74, 6) is 1.65. The van der Waals surface area contributed by atoms with Gasteiger partial charge in [0.05, 0.1) is 11.1 Å². The van der Waals surface area contributed by atoms with Gasteiger partial charge in [0.2, 0.25) is 5.78 Å². The molecule has 5 rings (SSSR count). The van der Waals surface area contributed by atoms with Crippen LogP contribution in [0.4, 0.5) is 0 Å². The molecule has 0 amide bonds. The van der Waals surface area contributed by atoms with Crippen molar-refractivity contribution in [2.45, 2.75) is 20.0 Å². The Balaban J connectivity index is 1.42. The summed E-state index contributed by atoms with van der Waals surface area (Å²) in [6, 6.07) is 20.0. The molecule has 0 aliphatic carbocycles. The third kappa shape index (κ3) is 3.66. The number of benzene rings is 3. The van der Waals surface area contributed by atoms with Gasteiger partial charge in [-0.3, -0.25) is 9.69 Å². The van der Waals surface area contributed by atoms with Crippen LogP contribution in [0.3, 0.4) is 0 Å². The fraction of sp³-hybridized carbons (Fsp3) is 0.160. The lowest BCUT2D eigenvalue weighted by Gasteiger charge is -2.29. The summed E-state index contributed by atoms with van der Waals surface area (Å²) in [6.07, 6.45) is 1.78. The van der Waals surface area contributed by atoms with Crippen LogP contribution >= 0.6 is 15.9 Å². The predicted molar refractivity (Wildman–Crippen MR) is 119 cm³/mol. The van der Waals surface area contributed by atoms with E-state index in [-0.39, 0.29) is 5.78 Å². The molecule has 4 nitrogen and oxygen atoms in total. The number of carbonyl (C=O) groups excluding carboxylic acids is 1. The fourth-order valence-electron chi connectivity index (χ4n) is 3.81. The number of rotatable bonds is 3. The Morgan fingerprint density at radius 1 is 1.10 bits per heavy atom. The van der Waals surface area contributed by atoms with Gasteiger partial charge in [0, 0.05) is 17.6 Å². The first-order valence-electron chi connectivity index (χ1n) is 9.83. The second kappa shape index (κ2) is 7.74. The molecule has 2 aliphatic heterocycles. The zero-order valence-electron chi connectivity index (χ0n) is 16.5. The smallest absolute Gasteiger partial charge is 0.231 e. The molecule has 0 aromatic heterocycles. The van der Waals surface area contributed by atoms with E-state index in [0.29, 0.717) is 30.3 Å². The molecule has 0 fully saturated rings. The number of Topliss-reactive ketones (excluding diaryl/α,β-unsaturated/α-hetero) is 1. The van der Waals surface area contributed by atoms with Crippen LogP contribution in [0.25, 0.3) is 6.08 Å². The Kier molecular flexibility index (Phi) is 4.93. The van der Waals surface area contributed by atoms with Gasteiger partial charge in [0.25, 0.3) is 0 Å². The molecule has 0 spiro atoms. The predicted octanol–water partition coefficient (Wildman–Crippen LogP) is 5.73. The van der Waals surface area contributed by atoms with Crippen molar-refractivity contribution < 1.29 is 14.3 Å². The Hall–Kier alpha value is -2.89. The van der Waals surface area contributed by atoms with E-state index >= 15 is 0 Å². The molecule has 3 aromatic rings. The summed E-state index contributed by atoms with van der Waals surface area (Å²) in [4.78, 5) is 15.1. The second-order valence-corrected chi connectivity index (χ2v) is 8.58. The average Bonchev–Trinajstić information content (AvgIpc) is 3.06. The highest BCUT2D eigenvalue weighted by Crippen LogP contribution is 2.42. The lowest BCUT2D eigenvalue weighted by molar-refractivity contribution is 0.0873. The Labute approximate surface area is 183 Å². The van der Waals surface area contributed by atoms with Crippen molar-refractivity contribution in [3.8, 4) is 11.5 Å². The molecule has 5 heteroatoms. The highest BCUT2D eigenvalue weighted by atomic mass is 79.9. The summed E-state index contributed by atoms with van der Waals surface area (Å²) in [5, 5.41) is 0. The van der Waals surface area contributed by atoms with Crippen molar-refractivity contribution >= 4 is 27.8 Å². The summed E-state index contributed by atoms with van der Waals surface area (Å²) in [6.45, 7) is 4.04. The standard InChI is InChI=1S/C25H20BrNO3/c1-16-5-7-17(8-6-16)13-27-14-21-22(29-15-27)10-9-20-24(28)23(30-25(20)21)12-18-3-2-4-19(26)11-18/h2-12H,13-15H2,1H3/b23-12-. The maximum atomic E-state index is 12.9. The zero-order chi connectivity index (χ0) is 20.7. The van der Waals surface area contributed by atoms with E-state index in [2.05, 4.69) is 52.0 Å². The largest absolute Gasteiger partial charge is 0.478 e. The van der Waals surface area contributed by atoms with Crippen molar-refractivity contribution in [1.82, 2.24) is 4.90 Å². The molecule has 150 valence electrons. The van der Waals surface area contributed by atoms with Crippen LogP contribution in [-0.4, -0.2) is 17.4 Å². The number of nitrogens with zero attached hydrogens (tertiary/aromatic N) is 1. The third-order valence-corrected chi connectivity index (χ3v) is 5.85. The first kappa shape index (κ1) is 19.1. The Morgan fingerprint density at radius 2 is 1.93 bits per heavy atom. The summed E-state index contributed by atoms with van der Waals surface area (Å²) < 4.78 is 13.0. The molecule has 0 saturated carbocycles. The Morgan fingerprint density at radius 3 is 2.73 bits per heavy atom. The third-order valence-electron chi connectivity index (χ3n) is 5.36. The Bertz CT molecular complexity index is 1170. The van der Waals surface area contributed by atoms with E-state index in [4.69, 9.17) is 9.47 Å². The van der Waals surface area contributed by atoms with Crippen LogP contribution in [0, 0.1) is 6.92 Å². The van der Waals surface area contributed by atoms with E-state index in [1.54, 1.807) is 12.1 Å². The molecule has 0 bridgehead atoms. The molecular formula is C25H20BrNO3. The van der Waals surface area contributed by atoms with Gasteiger partial charge in [0.15, 0.2) is 5.76 Å². The molecule has 30 heavy (non-hydrogen) atoms. The lowest BCUT2D eigenvalue weighted by Crippen LogP contribution is -2.31. The van der Waals surface area contributed by atoms with Gasteiger partial charge < -0.3 is 9.47 Å². The fourth-order valence-corrected chi connectivity index (χ4v) is 4.22. The molecule has 2 heterocycles. The van der Waals surface area contributed by atoms with Gasteiger partial charge in [0.1, 0.15) is 18.2 Å². The summed E-state index contributed by atoms with van der Waals surface area (Å²) in [7, 11) is 0. The maximum absolute atomic E-state index is 12.9. The number of hydrogen-bond acceptors (Lipinski definition) is 4. The van der Waals surface area contributed by atoms with Crippen LogP contribution in [0.2, 0.25) is 0 Å². The van der Waals surface area contributed by atoms with E-state index in [0.717, 1.165) is 27.9 Å². The molecule has 2 aliphatic rings. The lowest BCUT2D eigenvalue weighted by atomic mass is 10.0. The van der Waals surface area contributed by atoms with Gasteiger partial charge in [-0.15, -0.1) is 0 Å². The highest BCUT2D eigenvalue weighted by Gasteiger charge is 2.33. The van der Waals surface area contributed by atoms with Crippen LogP contribution in [0.15, 0.2) is 70.9 Å². The van der Waals surface area contributed by atoms with Crippen molar-refractivity contribution in [1.29, 1.82) is 0 Å². The molecule has 0 saturated heterocycles. The topological polar surface area (TPSA) is 38.8 Å². The van der Waals surface area contributed by atoms with Crippen LogP contribution < -0.4 is 9.47 Å². The number of ketones is 1. The van der Waals surface area contributed by atoms with Crippen molar-refractivity contribution in [2.24, 2.45) is 0 Å². The minimum absolute atomic E-state index is 0.0940. The summed E-state index contributed by atoms with van der Waals surface area (Å²) >= 11 is 3.46. The molecule has 0 radical (unpaired) electrons. The number of ether oxygens (including phenoxy) is 2. The molecule has 0 atom stereocenters. The number of allylic oxidation sites excluding steroid dienone is 1. The zero-order valence-corrected chi connectivity index (χ0v) is 18.1. The SMILES string of the molecule is Cc1ccc(CN2COc3ccc4c(c3C2)O/C(=C\c2cccc(Br)c2)C4=O)cc1. The van der Waals surface area contributed by atoms with Crippen molar-refractivity contribution in [3.63, 3.8) is 0 Å². The number of fused-ring (bicyclic) bond motifs is 3. The first-order valence-corrected chi connectivity index (χ1v) is 10.6. The van der Waals surface area contributed by atoms with Gasteiger partial charge in [-0.05, 0) is 48.4 Å². The number of aryl methyl sites for hydroxylation is 1. The number of halogens is 1. The van der Waals surface area contributed by atoms with Gasteiger partial charge in [-0.2, -0.15) is 0 Å².